The van der Waals surface area contributed by atoms with Gasteiger partial charge in [0.15, 0.2) is 5.78 Å². The van der Waals surface area contributed by atoms with Gasteiger partial charge in [-0.15, -0.1) is 11.3 Å². The Morgan fingerprint density at radius 2 is 2.14 bits per heavy atom. The van der Waals surface area contributed by atoms with Gasteiger partial charge in [0, 0.05) is 22.8 Å². The highest BCUT2D eigenvalue weighted by atomic mass is 32.1. The van der Waals surface area contributed by atoms with Crippen LogP contribution in [0.2, 0.25) is 0 Å². The van der Waals surface area contributed by atoms with E-state index < -0.39 is 0 Å². The first-order valence-corrected chi connectivity index (χ1v) is 9.96. The first-order valence-electron chi connectivity index (χ1n) is 9.08. The number of aliphatic hydroxyl groups excluding tert-OH is 1. The van der Waals surface area contributed by atoms with Crippen LogP contribution >= 0.6 is 11.3 Å². The van der Waals surface area contributed by atoms with E-state index in [2.05, 4.69) is 33.9 Å². The molecule has 28 heavy (non-hydrogen) atoms. The number of carbonyl (C=O) groups is 1. The van der Waals surface area contributed by atoms with Crippen LogP contribution in [0.5, 0.6) is 0 Å². The van der Waals surface area contributed by atoms with E-state index in [0.29, 0.717) is 23.5 Å². The zero-order valence-corrected chi connectivity index (χ0v) is 16.9. The number of Topliss-reactive ketones (excluding diaryl/α,β-unsaturated/α-hetero) is 1. The predicted octanol–water partition coefficient (Wildman–Crippen LogP) is 1.94. The van der Waals surface area contributed by atoms with Crippen molar-refractivity contribution in [3.63, 3.8) is 0 Å². The van der Waals surface area contributed by atoms with E-state index in [1.807, 2.05) is 12.3 Å². The molecule has 0 saturated carbocycles. The van der Waals surface area contributed by atoms with Gasteiger partial charge in [0.2, 0.25) is 5.95 Å². The molecule has 0 aliphatic heterocycles. The minimum Gasteiger partial charge on any atom is -0.394 e. The maximum Gasteiger partial charge on any atom is 0.220 e. The first-order chi connectivity index (χ1) is 13.3. The van der Waals surface area contributed by atoms with Gasteiger partial charge in [-0.05, 0) is 24.3 Å². The zero-order chi connectivity index (χ0) is 20.1. The summed E-state index contributed by atoms with van der Waals surface area (Å²) in [7, 11) is 0. The summed E-state index contributed by atoms with van der Waals surface area (Å²) in [5.41, 5.74) is 10.0. The molecule has 4 rings (SSSR count). The highest BCUT2D eigenvalue weighted by molar-refractivity contribution is 7.09. The number of aryl methyl sites for hydroxylation is 1. The molecule has 0 saturated heterocycles. The highest BCUT2D eigenvalue weighted by Gasteiger charge is 2.40. The molecule has 0 fully saturated rings. The maximum absolute atomic E-state index is 13.3. The van der Waals surface area contributed by atoms with Crippen LogP contribution < -0.4 is 5.73 Å². The molecular weight excluding hydrogens is 376 g/mol. The normalized spacial score (nSPS) is 14.6. The van der Waals surface area contributed by atoms with Crippen molar-refractivity contribution in [3.8, 4) is 11.4 Å². The van der Waals surface area contributed by atoms with E-state index in [9.17, 15) is 9.90 Å². The molecule has 0 amide bonds. The fourth-order valence-corrected chi connectivity index (χ4v) is 4.60. The molecule has 0 bridgehead atoms. The summed E-state index contributed by atoms with van der Waals surface area (Å²) in [5, 5.41) is 16.9. The lowest BCUT2D eigenvalue weighted by atomic mass is 9.72. The SMILES string of the molecule is Cc1csc(CC(=O)c2c3c(nn2CCO)-c2nc(N)ncc2CC3(C)C)n1. The number of rotatable bonds is 5. The fraction of sp³-hybridized carbons (Fsp3) is 0.421. The number of aliphatic hydroxyl groups is 1. The quantitative estimate of drug-likeness (QED) is 0.630. The standard InChI is InChI=1S/C19H22N6O2S/c1-10-9-28-13(22-10)6-12(27)17-14-16(24-25(17)4-5-26)15-11(7-19(14,2)3)8-21-18(20)23-15/h8-9,26H,4-7H2,1-3H3,(H2,20,21,23). The number of nitrogens with two attached hydrogens (primary N) is 1. The smallest absolute Gasteiger partial charge is 0.220 e. The van der Waals surface area contributed by atoms with Crippen LogP contribution in [0.25, 0.3) is 11.4 Å². The Kier molecular flexibility index (Phi) is 4.51. The number of thiazole rings is 1. The molecule has 0 aromatic carbocycles. The van der Waals surface area contributed by atoms with E-state index in [-0.39, 0.29) is 36.7 Å². The van der Waals surface area contributed by atoms with Crippen LogP contribution in [0.1, 0.15) is 46.2 Å². The Hall–Kier alpha value is -2.65. The maximum atomic E-state index is 13.3. The first kappa shape index (κ1) is 18.7. The molecule has 8 nitrogen and oxygen atoms in total. The number of anilines is 1. The molecule has 0 spiro atoms. The van der Waals surface area contributed by atoms with Gasteiger partial charge in [0.1, 0.15) is 16.4 Å². The number of nitrogen functional groups attached to an aromatic ring is 1. The third kappa shape index (κ3) is 3.10. The molecule has 3 aromatic heterocycles. The van der Waals surface area contributed by atoms with Crippen LogP contribution in [0.3, 0.4) is 0 Å². The Labute approximate surface area is 166 Å². The van der Waals surface area contributed by atoms with Gasteiger partial charge in [-0.25, -0.2) is 15.0 Å². The number of hydrogen-bond acceptors (Lipinski definition) is 8. The number of aromatic nitrogens is 5. The topological polar surface area (TPSA) is 120 Å². The van der Waals surface area contributed by atoms with E-state index >= 15 is 0 Å². The summed E-state index contributed by atoms with van der Waals surface area (Å²) in [6.07, 6.45) is 2.61. The molecule has 3 heterocycles. The van der Waals surface area contributed by atoms with Gasteiger partial charge in [-0.2, -0.15) is 5.10 Å². The van der Waals surface area contributed by atoms with Crippen LogP contribution in [0, 0.1) is 6.92 Å². The van der Waals surface area contributed by atoms with Crippen molar-refractivity contribution in [2.45, 2.75) is 45.6 Å². The lowest BCUT2D eigenvalue weighted by molar-refractivity contribution is 0.0978. The second-order valence-electron chi connectivity index (χ2n) is 7.66. The summed E-state index contributed by atoms with van der Waals surface area (Å²) >= 11 is 1.47. The lowest BCUT2D eigenvalue weighted by Gasteiger charge is -2.31. The largest absolute Gasteiger partial charge is 0.394 e. The second-order valence-corrected chi connectivity index (χ2v) is 8.61. The molecular formula is C19H22N6O2S. The van der Waals surface area contributed by atoms with Crippen molar-refractivity contribution >= 4 is 23.1 Å². The third-order valence-electron chi connectivity index (χ3n) is 4.92. The Morgan fingerprint density at radius 3 is 2.82 bits per heavy atom. The van der Waals surface area contributed by atoms with E-state index in [1.165, 1.54) is 11.3 Å². The minimum atomic E-state index is -0.334. The van der Waals surface area contributed by atoms with Crippen molar-refractivity contribution < 1.29 is 9.90 Å². The van der Waals surface area contributed by atoms with Crippen LogP contribution in [-0.2, 0) is 24.8 Å². The minimum absolute atomic E-state index is 0.0601. The summed E-state index contributed by atoms with van der Waals surface area (Å²) in [6, 6.07) is 0. The molecule has 1 aliphatic carbocycles. The molecule has 0 unspecified atom stereocenters. The van der Waals surface area contributed by atoms with Crippen molar-refractivity contribution in [1.82, 2.24) is 24.7 Å². The molecule has 0 atom stereocenters. The molecule has 1 aliphatic rings. The molecule has 3 aromatic rings. The van der Waals surface area contributed by atoms with Crippen LogP contribution in [0.15, 0.2) is 11.6 Å². The third-order valence-corrected chi connectivity index (χ3v) is 5.89. The van der Waals surface area contributed by atoms with Crippen molar-refractivity contribution in [3.05, 3.63) is 39.1 Å². The van der Waals surface area contributed by atoms with Gasteiger partial charge in [0.05, 0.1) is 25.3 Å². The van der Waals surface area contributed by atoms with Crippen molar-refractivity contribution in [1.29, 1.82) is 0 Å². The number of nitrogens with zero attached hydrogens (tertiary/aromatic N) is 5. The van der Waals surface area contributed by atoms with Crippen LogP contribution in [-0.4, -0.2) is 42.2 Å². The molecule has 9 heteroatoms. The Morgan fingerprint density at radius 1 is 1.36 bits per heavy atom. The van der Waals surface area contributed by atoms with Gasteiger partial charge >= 0.3 is 0 Å². The van der Waals surface area contributed by atoms with Gasteiger partial charge in [-0.3, -0.25) is 9.48 Å². The number of carbonyl (C=O) groups excluding carboxylic acids is 1. The Balaban J connectivity index is 1.88. The number of hydrogen-bond donors (Lipinski definition) is 2. The highest BCUT2D eigenvalue weighted by Crippen LogP contribution is 2.43. The fourth-order valence-electron chi connectivity index (χ4n) is 3.83. The molecule has 146 valence electrons. The van der Waals surface area contributed by atoms with Crippen molar-refractivity contribution in [2.75, 3.05) is 12.3 Å². The zero-order valence-electron chi connectivity index (χ0n) is 16.1. The molecule has 0 radical (unpaired) electrons. The van der Waals surface area contributed by atoms with E-state index in [4.69, 9.17) is 5.73 Å². The van der Waals surface area contributed by atoms with Crippen LogP contribution in [0.4, 0.5) is 5.95 Å². The monoisotopic (exact) mass is 398 g/mol. The molecule has 3 N–H and O–H groups in total. The average Bonchev–Trinajstić information content (AvgIpc) is 3.20. The Bertz CT molecular complexity index is 1070. The van der Waals surface area contributed by atoms with E-state index in [1.54, 1.807) is 10.9 Å². The summed E-state index contributed by atoms with van der Waals surface area (Å²) < 4.78 is 1.60. The predicted molar refractivity (Wildman–Crippen MR) is 106 cm³/mol. The van der Waals surface area contributed by atoms with Gasteiger partial charge in [0.25, 0.3) is 0 Å². The number of ketones is 1. The summed E-state index contributed by atoms with van der Waals surface area (Å²) in [4.78, 5) is 26.2. The lowest BCUT2D eigenvalue weighted by Crippen LogP contribution is -2.29. The average molecular weight is 398 g/mol. The summed E-state index contributed by atoms with van der Waals surface area (Å²) in [5.74, 6) is 0.113. The van der Waals surface area contributed by atoms with Gasteiger partial charge in [-0.1, -0.05) is 13.8 Å². The van der Waals surface area contributed by atoms with Crippen molar-refractivity contribution in [2.24, 2.45) is 0 Å². The second kappa shape index (κ2) is 6.75. The number of fused-ring (bicyclic) bond motifs is 3. The van der Waals surface area contributed by atoms with Gasteiger partial charge < -0.3 is 10.8 Å². The van der Waals surface area contributed by atoms with E-state index in [0.717, 1.165) is 21.8 Å². The summed E-state index contributed by atoms with van der Waals surface area (Å²) in [6.45, 7) is 6.20.